The van der Waals surface area contributed by atoms with E-state index in [2.05, 4.69) is 11.1 Å². The summed E-state index contributed by atoms with van der Waals surface area (Å²) < 4.78 is 0. The van der Waals surface area contributed by atoms with Crippen LogP contribution in [0, 0.1) is 25.2 Å². The van der Waals surface area contributed by atoms with Gasteiger partial charge in [-0.05, 0) is 30.9 Å². The lowest BCUT2D eigenvalue weighted by atomic mass is 10.0. The normalized spacial score (nSPS) is 27.7. The Labute approximate surface area is 89.5 Å². The Bertz CT molecular complexity index is 417. The SMILES string of the molecule is Cc1cc([C@H]2[C@H](C(=O)O)C2(C)C)c(C)[nH]1. The van der Waals surface area contributed by atoms with Crippen LogP contribution in [0.1, 0.15) is 36.7 Å². The number of hydrogen-bond acceptors (Lipinski definition) is 1. The molecule has 82 valence electrons. The molecule has 2 N–H and O–H groups in total. The second-order valence-corrected chi connectivity index (χ2v) is 5.15. The van der Waals surface area contributed by atoms with Gasteiger partial charge in [-0.25, -0.2) is 0 Å². The molecule has 1 aromatic rings. The minimum Gasteiger partial charge on any atom is -0.481 e. The van der Waals surface area contributed by atoms with Crippen molar-refractivity contribution in [2.75, 3.05) is 0 Å². The second-order valence-electron chi connectivity index (χ2n) is 5.15. The van der Waals surface area contributed by atoms with Crippen LogP contribution in [0.25, 0.3) is 0 Å². The molecule has 0 aliphatic heterocycles. The molecule has 1 saturated carbocycles. The molecule has 0 amide bonds. The number of carbonyl (C=O) groups is 1. The lowest BCUT2D eigenvalue weighted by molar-refractivity contribution is -0.139. The number of carboxylic acid groups (broad SMARTS) is 1. The van der Waals surface area contributed by atoms with Crippen molar-refractivity contribution in [3.8, 4) is 0 Å². The maximum absolute atomic E-state index is 11.1. The lowest BCUT2D eigenvalue weighted by Crippen LogP contribution is -2.03. The van der Waals surface area contributed by atoms with Gasteiger partial charge in [-0.15, -0.1) is 0 Å². The Balaban J connectivity index is 2.35. The van der Waals surface area contributed by atoms with Crippen molar-refractivity contribution >= 4 is 5.97 Å². The van der Waals surface area contributed by atoms with Crippen molar-refractivity contribution in [3.05, 3.63) is 23.0 Å². The van der Waals surface area contributed by atoms with Crippen molar-refractivity contribution in [1.29, 1.82) is 0 Å². The quantitative estimate of drug-likeness (QED) is 0.782. The topological polar surface area (TPSA) is 53.1 Å². The van der Waals surface area contributed by atoms with Gasteiger partial charge in [0, 0.05) is 17.3 Å². The van der Waals surface area contributed by atoms with E-state index in [1.807, 2.05) is 27.7 Å². The Kier molecular flexibility index (Phi) is 1.97. The highest BCUT2D eigenvalue weighted by Gasteiger charge is 2.63. The average molecular weight is 207 g/mol. The molecule has 15 heavy (non-hydrogen) atoms. The molecule has 0 saturated heterocycles. The first kappa shape index (κ1) is 10.3. The van der Waals surface area contributed by atoms with Crippen molar-refractivity contribution in [3.63, 3.8) is 0 Å². The fourth-order valence-electron chi connectivity index (χ4n) is 2.75. The molecule has 1 aliphatic carbocycles. The summed E-state index contributed by atoms with van der Waals surface area (Å²) in [5.74, 6) is -0.741. The Morgan fingerprint density at radius 1 is 1.47 bits per heavy atom. The monoisotopic (exact) mass is 207 g/mol. The van der Waals surface area contributed by atoms with Gasteiger partial charge >= 0.3 is 5.97 Å². The summed E-state index contributed by atoms with van der Waals surface area (Å²) in [6.45, 7) is 8.06. The molecule has 1 aliphatic rings. The van der Waals surface area contributed by atoms with Crippen LogP contribution in [0.3, 0.4) is 0 Å². The van der Waals surface area contributed by atoms with E-state index in [1.54, 1.807) is 0 Å². The third-order valence-electron chi connectivity index (χ3n) is 3.62. The van der Waals surface area contributed by atoms with Crippen LogP contribution in [0.2, 0.25) is 0 Å². The van der Waals surface area contributed by atoms with Gasteiger partial charge in [0.25, 0.3) is 0 Å². The van der Waals surface area contributed by atoms with Crippen LogP contribution >= 0.6 is 0 Å². The summed E-state index contributed by atoms with van der Waals surface area (Å²) in [5, 5.41) is 9.11. The standard InChI is InChI=1S/C12H17NO2/c1-6-5-8(7(2)13-6)9-10(11(14)15)12(9,3)4/h5,9-10,13H,1-4H3,(H,14,15)/t9-,10+/m0/s1. The molecule has 3 heteroatoms. The summed E-state index contributed by atoms with van der Waals surface area (Å²) in [6, 6.07) is 2.07. The summed E-state index contributed by atoms with van der Waals surface area (Å²) in [7, 11) is 0. The second kappa shape index (κ2) is 2.87. The molecule has 1 fully saturated rings. The van der Waals surface area contributed by atoms with Crippen LogP contribution < -0.4 is 0 Å². The number of carboxylic acids is 1. The summed E-state index contributed by atoms with van der Waals surface area (Å²) in [4.78, 5) is 14.3. The van der Waals surface area contributed by atoms with Gasteiger partial charge in [0.1, 0.15) is 0 Å². The summed E-state index contributed by atoms with van der Waals surface area (Å²) in [5.41, 5.74) is 3.28. The van der Waals surface area contributed by atoms with E-state index in [4.69, 9.17) is 5.11 Å². The predicted octanol–water partition coefficient (Wildman–Crippen LogP) is 2.46. The Morgan fingerprint density at radius 3 is 2.40 bits per heavy atom. The van der Waals surface area contributed by atoms with Crippen molar-refractivity contribution in [1.82, 2.24) is 4.98 Å². The molecule has 2 rings (SSSR count). The van der Waals surface area contributed by atoms with Crippen LogP contribution in [-0.4, -0.2) is 16.1 Å². The molecule has 0 unspecified atom stereocenters. The van der Waals surface area contributed by atoms with Gasteiger partial charge < -0.3 is 10.1 Å². The predicted molar refractivity (Wildman–Crippen MR) is 57.9 cm³/mol. The van der Waals surface area contributed by atoms with Gasteiger partial charge in [-0.2, -0.15) is 0 Å². The van der Waals surface area contributed by atoms with E-state index < -0.39 is 5.97 Å². The van der Waals surface area contributed by atoms with E-state index in [1.165, 1.54) is 5.56 Å². The zero-order chi connectivity index (χ0) is 11.4. The van der Waals surface area contributed by atoms with E-state index in [9.17, 15) is 4.79 Å². The first-order valence-corrected chi connectivity index (χ1v) is 5.24. The molecule has 0 spiro atoms. The largest absolute Gasteiger partial charge is 0.481 e. The van der Waals surface area contributed by atoms with Gasteiger partial charge in [0.15, 0.2) is 0 Å². The molecule has 2 atom stereocenters. The number of hydrogen-bond donors (Lipinski definition) is 2. The molecule has 3 nitrogen and oxygen atoms in total. The zero-order valence-corrected chi connectivity index (χ0v) is 9.59. The number of H-pyrrole nitrogens is 1. The van der Waals surface area contributed by atoms with Gasteiger partial charge in [-0.3, -0.25) is 4.79 Å². The molecule has 1 aromatic heterocycles. The fraction of sp³-hybridized carbons (Fsp3) is 0.583. The van der Waals surface area contributed by atoms with E-state index in [0.717, 1.165) is 11.4 Å². The Morgan fingerprint density at radius 2 is 2.07 bits per heavy atom. The highest BCUT2D eigenvalue weighted by molar-refractivity contribution is 5.77. The Hall–Kier alpha value is -1.25. The van der Waals surface area contributed by atoms with Crippen LogP contribution in [0.5, 0.6) is 0 Å². The minimum absolute atomic E-state index is 0.106. The maximum atomic E-state index is 11.1. The van der Waals surface area contributed by atoms with E-state index in [0.29, 0.717) is 0 Å². The molecule has 0 aromatic carbocycles. The van der Waals surface area contributed by atoms with Gasteiger partial charge in [-0.1, -0.05) is 13.8 Å². The van der Waals surface area contributed by atoms with Crippen molar-refractivity contribution < 1.29 is 9.90 Å². The van der Waals surface area contributed by atoms with Crippen molar-refractivity contribution in [2.24, 2.45) is 11.3 Å². The minimum atomic E-state index is -0.678. The highest BCUT2D eigenvalue weighted by Crippen LogP contribution is 2.64. The molecular weight excluding hydrogens is 190 g/mol. The highest BCUT2D eigenvalue weighted by atomic mass is 16.4. The number of aromatic amines is 1. The number of aliphatic carboxylic acids is 1. The van der Waals surface area contributed by atoms with E-state index >= 15 is 0 Å². The third kappa shape index (κ3) is 1.37. The maximum Gasteiger partial charge on any atom is 0.307 e. The number of aryl methyl sites for hydroxylation is 2. The first-order valence-electron chi connectivity index (χ1n) is 5.24. The number of rotatable bonds is 2. The van der Waals surface area contributed by atoms with Crippen LogP contribution in [0.15, 0.2) is 6.07 Å². The average Bonchev–Trinajstić information content (AvgIpc) is 2.48. The molecule has 0 radical (unpaired) electrons. The zero-order valence-electron chi connectivity index (χ0n) is 9.59. The van der Waals surface area contributed by atoms with Crippen LogP contribution in [0.4, 0.5) is 0 Å². The van der Waals surface area contributed by atoms with E-state index in [-0.39, 0.29) is 17.3 Å². The smallest absolute Gasteiger partial charge is 0.307 e. The van der Waals surface area contributed by atoms with Crippen LogP contribution in [-0.2, 0) is 4.79 Å². The van der Waals surface area contributed by atoms with Gasteiger partial charge in [0.05, 0.1) is 5.92 Å². The molecule has 0 bridgehead atoms. The first-order chi connectivity index (χ1) is 6.85. The number of aromatic nitrogens is 1. The summed E-state index contributed by atoms with van der Waals surface area (Å²) >= 11 is 0. The summed E-state index contributed by atoms with van der Waals surface area (Å²) in [6.07, 6.45) is 0. The fourth-order valence-corrected chi connectivity index (χ4v) is 2.75. The lowest BCUT2D eigenvalue weighted by Gasteiger charge is -2.00. The third-order valence-corrected chi connectivity index (χ3v) is 3.62. The molecular formula is C12H17NO2. The number of nitrogens with one attached hydrogen (secondary N) is 1. The molecule has 1 heterocycles. The van der Waals surface area contributed by atoms with Crippen molar-refractivity contribution in [2.45, 2.75) is 33.6 Å². The van der Waals surface area contributed by atoms with Gasteiger partial charge in [0.2, 0.25) is 0 Å².